The van der Waals surface area contributed by atoms with E-state index in [1.165, 1.54) is 23.3 Å². The normalized spacial score (nSPS) is 12.4. The zero-order valence-electron chi connectivity index (χ0n) is 11.6. The van der Waals surface area contributed by atoms with Crippen molar-refractivity contribution in [1.29, 1.82) is 0 Å². The van der Waals surface area contributed by atoms with Crippen LogP contribution in [0.1, 0.15) is 16.7 Å². The molecule has 0 radical (unpaired) electrons. The lowest BCUT2D eigenvalue weighted by Gasteiger charge is -2.16. The second-order valence-corrected chi connectivity index (χ2v) is 5.64. The van der Waals surface area contributed by atoms with Crippen LogP contribution in [0.5, 0.6) is 0 Å². The fourth-order valence-electron chi connectivity index (χ4n) is 2.41. The lowest BCUT2D eigenvalue weighted by atomic mass is 9.92. The standard InChI is InChI=1S/C17H19ClFN/c1-12-3-2-4-13(7-12)8-14(11-20)9-15-5-6-16(19)10-17(15)18/h2-7,10,14H,8-9,11,20H2,1H3. The minimum atomic E-state index is -0.304. The summed E-state index contributed by atoms with van der Waals surface area (Å²) in [5.74, 6) is 0.00138. The van der Waals surface area contributed by atoms with Gasteiger partial charge in [0.15, 0.2) is 0 Å². The molecular weight excluding hydrogens is 273 g/mol. The number of aryl methyl sites for hydroxylation is 1. The molecule has 2 N–H and O–H groups in total. The Morgan fingerprint density at radius 1 is 1.15 bits per heavy atom. The lowest BCUT2D eigenvalue weighted by molar-refractivity contribution is 0.532. The molecule has 0 saturated carbocycles. The van der Waals surface area contributed by atoms with Gasteiger partial charge in [-0.15, -0.1) is 0 Å². The van der Waals surface area contributed by atoms with Gasteiger partial charge in [0.1, 0.15) is 5.82 Å². The number of halogens is 2. The van der Waals surface area contributed by atoms with Crippen LogP contribution < -0.4 is 5.73 Å². The van der Waals surface area contributed by atoms with Crippen molar-refractivity contribution >= 4 is 11.6 Å². The Labute approximate surface area is 124 Å². The Balaban J connectivity index is 2.09. The highest BCUT2D eigenvalue weighted by Gasteiger charge is 2.12. The molecule has 1 atom stereocenters. The molecule has 106 valence electrons. The molecule has 0 amide bonds. The summed E-state index contributed by atoms with van der Waals surface area (Å²) in [4.78, 5) is 0. The summed E-state index contributed by atoms with van der Waals surface area (Å²) in [5.41, 5.74) is 9.35. The summed E-state index contributed by atoms with van der Waals surface area (Å²) in [7, 11) is 0. The van der Waals surface area contributed by atoms with E-state index in [0.717, 1.165) is 18.4 Å². The highest BCUT2D eigenvalue weighted by molar-refractivity contribution is 6.31. The van der Waals surface area contributed by atoms with Gasteiger partial charge in [0.25, 0.3) is 0 Å². The van der Waals surface area contributed by atoms with Crippen molar-refractivity contribution in [1.82, 2.24) is 0 Å². The van der Waals surface area contributed by atoms with Gasteiger partial charge in [-0.1, -0.05) is 47.5 Å². The number of hydrogen-bond acceptors (Lipinski definition) is 1. The Hall–Kier alpha value is -1.38. The van der Waals surface area contributed by atoms with Crippen LogP contribution in [0.4, 0.5) is 4.39 Å². The maximum Gasteiger partial charge on any atom is 0.124 e. The molecule has 2 aromatic carbocycles. The lowest BCUT2D eigenvalue weighted by Crippen LogP contribution is -2.19. The molecule has 0 fully saturated rings. The van der Waals surface area contributed by atoms with Crippen LogP contribution in [0.15, 0.2) is 42.5 Å². The molecule has 0 aliphatic rings. The quantitative estimate of drug-likeness (QED) is 0.880. The molecule has 0 aliphatic carbocycles. The number of benzene rings is 2. The largest absolute Gasteiger partial charge is 0.330 e. The summed E-state index contributed by atoms with van der Waals surface area (Å²) in [5, 5.41) is 0.479. The Morgan fingerprint density at radius 2 is 1.95 bits per heavy atom. The maximum atomic E-state index is 13.0. The molecule has 0 aliphatic heterocycles. The molecule has 1 nitrogen and oxygen atoms in total. The minimum absolute atomic E-state index is 0.304. The van der Waals surface area contributed by atoms with E-state index in [0.29, 0.717) is 17.5 Å². The van der Waals surface area contributed by atoms with Crippen molar-refractivity contribution in [3.8, 4) is 0 Å². The third-order valence-corrected chi connectivity index (χ3v) is 3.82. The predicted molar refractivity (Wildman–Crippen MR) is 82.5 cm³/mol. The molecule has 0 aromatic heterocycles. The van der Waals surface area contributed by atoms with Gasteiger partial charge in [-0.2, -0.15) is 0 Å². The van der Waals surface area contributed by atoms with Gasteiger partial charge < -0.3 is 5.73 Å². The summed E-state index contributed by atoms with van der Waals surface area (Å²) in [6.07, 6.45) is 1.68. The average molecular weight is 292 g/mol. The first-order chi connectivity index (χ1) is 9.58. The maximum absolute atomic E-state index is 13.0. The van der Waals surface area contributed by atoms with Gasteiger partial charge >= 0.3 is 0 Å². The Kier molecular flexibility index (Phi) is 5.16. The van der Waals surface area contributed by atoms with Gasteiger partial charge in [-0.25, -0.2) is 4.39 Å². The van der Waals surface area contributed by atoms with Crippen LogP contribution in [0, 0.1) is 18.7 Å². The molecule has 20 heavy (non-hydrogen) atoms. The first-order valence-corrected chi connectivity index (χ1v) is 7.16. The zero-order valence-corrected chi connectivity index (χ0v) is 12.3. The second kappa shape index (κ2) is 6.87. The van der Waals surface area contributed by atoms with Gasteiger partial charge in [0, 0.05) is 5.02 Å². The predicted octanol–water partition coefficient (Wildman–Crippen LogP) is 4.15. The van der Waals surface area contributed by atoms with Crippen molar-refractivity contribution in [3.63, 3.8) is 0 Å². The fraction of sp³-hybridized carbons (Fsp3) is 0.294. The van der Waals surface area contributed by atoms with Crippen molar-refractivity contribution in [2.24, 2.45) is 11.7 Å². The van der Waals surface area contributed by atoms with Gasteiger partial charge in [0.2, 0.25) is 0 Å². The molecular formula is C17H19ClFN. The van der Waals surface area contributed by atoms with E-state index in [2.05, 4.69) is 31.2 Å². The van der Waals surface area contributed by atoms with Crippen LogP contribution in [-0.4, -0.2) is 6.54 Å². The van der Waals surface area contributed by atoms with Crippen LogP contribution >= 0.6 is 11.6 Å². The summed E-state index contributed by atoms with van der Waals surface area (Å²) in [6.45, 7) is 2.67. The third-order valence-electron chi connectivity index (χ3n) is 3.46. The molecule has 0 heterocycles. The number of nitrogens with two attached hydrogens (primary N) is 1. The van der Waals surface area contributed by atoms with Gasteiger partial charge in [-0.3, -0.25) is 0 Å². The fourth-order valence-corrected chi connectivity index (χ4v) is 2.65. The van der Waals surface area contributed by atoms with E-state index in [4.69, 9.17) is 17.3 Å². The first-order valence-electron chi connectivity index (χ1n) is 6.78. The smallest absolute Gasteiger partial charge is 0.124 e. The summed E-state index contributed by atoms with van der Waals surface area (Å²) < 4.78 is 13.0. The summed E-state index contributed by atoms with van der Waals surface area (Å²) in [6, 6.07) is 13.0. The zero-order chi connectivity index (χ0) is 14.5. The highest BCUT2D eigenvalue weighted by Crippen LogP contribution is 2.22. The second-order valence-electron chi connectivity index (χ2n) is 5.23. The van der Waals surface area contributed by atoms with Crippen LogP contribution in [0.2, 0.25) is 5.02 Å². The molecule has 0 spiro atoms. The van der Waals surface area contributed by atoms with E-state index in [-0.39, 0.29) is 5.82 Å². The first kappa shape index (κ1) is 15.0. The van der Waals surface area contributed by atoms with E-state index in [9.17, 15) is 4.39 Å². The Morgan fingerprint density at radius 3 is 2.60 bits per heavy atom. The molecule has 2 aromatic rings. The molecule has 0 bridgehead atoms. The number of hydrogen-bond donors (Lipinski definition) is 1. The minimum Gasteiger partial charge on any atom is -0.330 e. The van der Waals surface area contributed by atoms with E-state index in [1.54, 1.807) is 6.07 Å². The van der Waals surface area contributed by atoms with Crippen LogP contribution in [0.3, 0.4) is 0 Å². The molecule has 2 rings (SSSR count). The molecule has 3 heteroatoms. The van der Waals surface area contributed by atoms with E-state index < -0.39 is 0 Å². The summed E-state index contributed by atoms with van der Waals surface area (Å²) >= 11 is 6.08. The van der Waals surface area contributed by atoms with Crippen molar-refractivity contribution in [2.75, 3.05) is 6.54 Å². The van der Waals surface area contributed by atoms with E-state index >= 15 is 0 Å². The molecule has 1 unspecified atom stereocenters. The van der Waals surface area contributed by atoms with Crippen molar-refractivity contribution in [2.45, 2.75) is 19.8 Å². The average Bonchev–Trinajstić information content (AvgIpc) is 2.41. The molecule has 0 saturated heterocycles. The van der Waals surface area contributed by atoms with Crippen LogP contribution in [0.25, 0.3) is 0 Å². The number of rotatable bonds is 5. The van der Waals surface area contributed by atoms with Gasteiger partial charge in [0.05, 0.1) is 0 Å². The monoisotopic (exact) mass is 291 g/mol. The van der Waals surface area contributed by atoms with Crippen molar-refractivity contribution in [3.05, 3.63) is 70.0 Å². The van der Waals surface area contributed by atoms with Gasteiger partial charge in [-0.05, 0) is 55.5 Å². The topological polar surface area (TPSA) is 26.0 Å². The van der Waals surface area contributed by atoms with Crippen LogP contribution in [-0.2, 0) is 12.8 Å². The third kappa shape index (κ3) is 4.06. The highest BCUT2D eigenvalue weighted by atomic mass is 35.5. The van der Waals surface area contributed by atoms with Crippen molar-refractivity contribution < 1.29 is 4.39 Å². The Bertz CT molecular complexity index is 583. The SMILES string of the molecule is Cc1cccc(CC(CN)Cc2ccc(F)cc2Cl)c1. The van der Waals surface area contributed by atoms with E-state index in [1.807, 2.05) is 0 Å².